The number of halogens is 8. The number of aliphatic hydroxyl groups is 1. The van der Waals surface area contributed by atoms with Crippen LogP contribution in [0.5, 0.6) is 0 Å². The first-order chi connectivity index (χ1) is 10.2. The van der Waals surface area contributed by atoms with Crippen molar-refractivity contribution in [2.24, 2.45) is 5.41 Å². The largest absolute Gasteiger partial charge is 0.458 e. The van der Waals surface area contributed by atoms with Crippen LogP contribution in [0.3, 0.4) is 0 Å². The highest BCUT2D eigenvalue weighted by atomic mass is 19.4. The molecule has 0 spiro atoms. The van der Waals surface area contributed by atoms with E-state index in [0.29, 0.717) is 6.42 Å². The van der Waals surface area contributed by atoms with Gasteiger partial charge in [-0.25, -0.2) is 4.39 Å². The molecule has 0 bridgehead atoms. The van der Waals surface area contributed by atoms with E-state index in [-0.39, 0.29) is 5.97 Å². The maximum atomic E-state index is 12.3. The molecule has 146 valence electrons. The molecule has 0 heterocycles. The summed E-state index contributed by atoms with van der Waals surface area (Å²) in [5.41, 5.74) is -1.52. The fraction of sp³-hybridized carbons (Fsp3) is 0.923. The van der Waals surface area contributed by atoms with Crippen molar-refractivity contribution < 1.29 is 49.8 Å². The molecule has 3 nitrogen and oxygen atoms in total. The van der Waals surface area contributed by atoms with Crippen molar-refractivity contribution in [2.45, 2.75) is 64.8 Å². The van der Waals surface area contributed by atoms with Crippen molar-refractivity contribution in [1.82, 2.24) is 0 Å². The van der Waals surface area contributed by atoms with E-state index < -0.39 is 35.9 Å². The van der Waals surface area contributed by atoms with E-state index in [2.05, 4.69) is 0 Å². The Balaban J connectivity index is 0. The molecule has 0 aliphatic rings. The lowest BCUT2D eigenvalue weighted by molar-refractivity contribution is -0.417. The van der Waals surface area contributed by atoms with Gasteiger partial charge in [-0.15, -0.1) is 0 Å². The lowest BCUT2D eigenvalue weighted by Gasteiger charge is -2.28. The molecule has 24 heavy (non-hydrogen) atoms. The summed E-state index contributed by atoms with van der Waals surface area (Å²) in [6.07, 6.45) is -12.0. The van der Waals surface area contributed by atoms with Gasteiger partial charge in [-0.3, -0.25) is 4.79 Å². The monoisotopic (exact) mass is 376 g/mol. The smallest absolute Gasteiger partial charge is 0.456 e. The fourth-order valence-corrected chi connectivity index (χ4v) is 0.721. The number of rotatable bonds is 4. The molecular weight excluding hydrogens is 356 g/mol. The third-order valence-corrected chi connectivity index (χ3v) is 2.88. The molecule has 0 aromatic carbocycles. The van der Waals surface area contributed by atoms with Crippen molar-refractivity contribution in [3.8, 4) is 0 Å². The van der Waals surface area contributed by atoms with E-state index in [9.17, 15) is 39.9 Å². The number of carbonyl (C=O) groups excluding carboxylic acids is 1. The Kier molecular flexibility index (Phi) is 8.20. The minimum atomic E-state index is -6.36. The van der Waals surface area contributed by atoms with Crippen LogP contribution in [0.25, 0.3) is 0 Å². The molecule has 0 amide bonds. The number of ether oxygens (including phenoxy) is 1. The summed E-state index contributed by atoms with van der Waals surface area (Å²) in [6, 6.07) is 0. The molecule has 0 aromatic heterocycles. The van der Waals surface area contributed by atoms with Gasteiger partial charge in [0, 0.05) is 0 Å². The highest BCUT2D eigenvalue weighted by Crippen LogP contribution is 2.43. The van der Waals surface area contributed by atoms with Crippen molar-refractivity contribution in [3.63, 3.8) is 0 Å². The molecule has 0 unspecified atom stereocenters. The van der Waals surface area contributed by atoms with Gasteiger partial charge in [0.1, 0.15) is 12.3 Å². The Bertz CT molecular complexity index is 394. The molecule has 0 saturated carbocycles. The lowest BCUT2D eigenvalue weighted by Crippen LogP contribution is -2.52. The van der Waals surface area contributed by atoms with Crippen LogP contribution in [0.2, 0.25) is 0 Å². The summed E-state index contributed by atoms with van der Waals surface area (Å²) in [5, 5.41) is 7.27. The van der Waals surface area contributed by atoms with Crippen LogP contribution in [0.15, 0.2) is 0 Å². The predicted molar refractivity (Wildman–Crippen MR) is 68.4 cm³/mol. The minimum Gasteiger partial charge on any atom is -0.456 e. The first-order valence-corrected chi connectivity index (χ1v) is 6.59. The van der Waals surface area contributed by atoms with Gasteiger partial charge in [0.25, 0.3) is 0 Å². The summed E-state index contributed by atoms with van der Waals surface area (Å²) in [4.78, 5) is 11.5. The van der Waals surface area contributed by atoms with E-state index >= 15 is 0 Å². The van der Waals surface area contributed by atoms with Crippen LogP contribution in [-0.4, -0.2) is 41.6 Å². The van der Waals surface area contributed by atoms with Crippen LogP contribution in [0.4, 0.5) is 35.1 Å². The molecule has 0 saturated heterocycles. The van der Waals surface area contributed by atoms with Gasteiger partial charge in [-0.05, 0) is 34.1 Å². The summed E-state index contributed by atoms with van der Waals surface area (Å²) in [7, 11) is 0. The first-order valence-electron chi connectivity index (χ1n) is 6.59. The van der Waals surface area contributed by atoms with Crippen LogP contribution in [-0.2, 0) is 9.53 Å². The molecular formula is C13H20F8O3. The molecule has 11 heteroatoms. The maximum absolute atomic E-state index is 12.3. The van der Waals surface area contributed by atoms with Gasteiger partial charge in [0.2, 0.25) is 0 Å². The molecule has 0 radical (unpaired) electrons. The molecule has 0 rings (SSSR count). The van der Waals surface area contributed by atoms with Gasteiger partial charge in [-0.2, -0.15) is 30.7 Å². The van der Waals surface area contributed by atoms with Gasteiger partial charge in [0.05, 0.1) is 5.41 Å². The van der Waals surface area contributed by atoms with Crippen molar-refractivity contribution in [3.05, 3.63) is 0 Å². The number of carbonyl (C=O) groups is 1. The number of esters is 1. The highest BCUT2D eigenvalue weighted by molar-refractivity contribution is 5.76. The van der Waals surface area contributed by atoms with Crippen LogP contribution >= 0.6 is 0 Å². The first kappa shape index (κ1) is 25.1. The van der Waals surface area contributed by atoms with Gasteiger partial charge in [-0.1, -0.05) is 6.92 Å². The minimum absolute atomic E-state index is 0.336. The van der Waals surface area contributed by atoms with Gasteiger partial charge in [0.15, 0.2) is 0 Å². The van der Waals surface area contributed by atoms with Crippen molar-refractivity contribution in [1.29, 1.82) is 0 Å². The quantitative estimate of drug-likeness (QED) is 0.581. The van der Waals surface area contributed by atoms with E-state index in [0.717, 1.165) is 0 Å². The van der Waals surface area contributed by atoms with Crippen LogP contribution < -0.4 is 0 Å². The van der Waals surface area contributed by atoms with Gasteiger partial charge >= 0.3 is 24.2 Å². The number of alkyl halides is 8. The van der Waals surface area contributed by atoms with Gasteiger partial charge < -0.3 is 9.84 Å². The summed E-state index contributed by atoms with van der Waals surface area (Å²) in [6.45, 7) is 7.98. The molecule has 1 N–H and O–H groups in total. The molecule has 0 aliphatic heterocycles. The molecule has 0 atom stereocenters. The Morgan fingerprint density at radius 3 is 1.42 bits per heavy atom. The zero-order valence-electron chi connectivity index (χ0n) is 13.7. The van der Waals surface area contributed by atoms with Crippen LogP contribution in [0, 0.1) is 5.41 Å². The highest BCUT2D eigenvalue weighted by Gasteiger charge is 2.72. The normalized spacial score (nSPS) is 13.9. The van der Waals surface area contributed by atoms with Crippen molar-refractivity contribution >= 4 is 5.97 Å². The van der Waals surface area contributed by atoms with E-state index in [1.165, 1.54) is 0 Å². The standard InChI is InChI=1S/C10H19FO2.C3HF7O/c1-6-9(2,3)8(12)13-10(4,5)7-11;4-1(11,2(5,6)7)3(8,9)10/h6-7H2,1-5H3;11H. The summed E-state index contributed by atoms with van der Waals surface area (Å²) >= 11 is 0. The average molecular weight is 376 g/mol. The maximum Gasteiger partial charge on any atom is 0.458 e. The van der Waals surface area contributed by atoms with E-state index in [1.54, 1.807) is 27.7 Å². The Morgan fingerprint density at radius 1 is 0.917 bits per heavy atom. The average Bonchev–Trinajstić information content (AvgIpc) is 2.36. The Labute approximate surface area is 134 Å². The lowest BCUT2D eigenvalue weighted by atomic mass is 9.90. The molecule has 0 aliphatic carbocycles. The zero-order chi connectivity index (χ0) is 20.2. The number of hydrogen-bond acceptors (Lipinski definition) is 3. The summed E-state index contributed by atoms with van der Waals surface area (Å²) in [5.74, 6) is -6.46. The zero-order valence-corrected chi connectivity index (χ0v) is 13.7. The second kappa shape index (κ2) is 7.83. The third-order valence-electron chi connectivity index (χ3n) is 2.88. The molecule has 0 fully saturated rings. The topological polar surface area (TPSA) is 46.5 Å². The van der Waals surface area contributed by atoms with E-state index in [1.807, 2.05) is 6.92 Å². The summed E-state index contributed by atoms with van der Waals surface area (Å²) < 4.78 is 94.7. The SMILES string of the molecule is CCC(C)(C)C(=O)OC(C)(C)CF.OC(F)(C(F)(F)F)C(F)(F)F. The Hall–Kier alpha value is -1.13. The number of hydrogen-bond donors (Lipinski definition) is 1. The fourth-order valence-electron chi connectivity index (χ4n) is 0.721. The van der Waals surface area contributed by atoms with Crippen molar-refractivity contribution in [2.75, 3.05) is 6.67 Å². The van der Waals surface area contributed by atoms with Crippen LogP contribution in [0.1, 0.15) is 41.0 Å². The third kappa shape index (κ3) is 7.18. The predicted octanol–water partition coefficient (Wildman–Crippen LogP) is 4.48. The Morgan fingerprint density at radius 2 is 1.25 bits per heavy atom. The second-order valence-electron chi connectivity index (χ2n) is 6.14. The molecule has 0 aromatic rings. The van der Waals surface area contributed by atoms with E-state index in [4.69, 9.17) is 9.84 Å². The second-order valence-corrected chi connectivity index (χ2v) is 6.14.